The Morgan fingerprint density at radius 3 is 2.65 bits per heavy atom. The molecule has 0 unspecified atom stereocenters. The zero-order valence-electron chi connectivity index (χ0n) is 12.3. The first-order valence-corrected chi connectivity index (χ1v) is 6.60. The lowest BCUT2D eigenvalue weighted by molar-refractivity contribution is 0.258. The van der Waals surface area contributed by atoms with Gasteiger partial charge in [-0.3, -0.25) is 0 Å². The molecule has 20 heavy (non-hydrogen) atoms. The number of oxime groups is 1. The average Bonchev–Trinajstić information content (AvgIpc) is 2.44. The van der Waals surface area contributed by atoms with E-state index < -0.39 is 0 Å². The second-order valence-corrected chi connectivity index (χ2v) is 4.59. The lowest BCUT2D eigenvalue weighted by Gasteiger charge is -2.14. The van der Waals surface area contributed by atoms with Crippen LogP contribution in [-0.4, -0.2) is 49.8 Å². The van der Waals surface area contributed by atoms with Gasteiger partial charge in [0.2, 0.25) is 0 Å². The van der Waals surface area contributed by atoms with Crippen LogP contribution in [0.3, 0.4) is 0 Å². The summed E-state index contributed by atoms with van der Waals surface area (Å²) < 4.78 is 11.2. The van der Waals surface area contributed by atoms with Gasteiger partial charge in [-0.2, -0.15) is 0 Å². The van der Waals surface area contributed by atoms with Crippen molar-refractivity contribution in [2.24, 2.45) is 10.9 Å². The zero-order chi connectivity index (χ0) is 15.0. The van der Waals surface area contributed by atoms with Gasteiger partial charge in [0.15, 0.2) is 17.3 Å². The van der Waals surface area contributed by atoms with Crippen molar-refractivity contribution < 1.29 is 14.7 Å². The Labute approximate surface area is 119 Å². The van der Waals surface area contributed by atoms with Crippen molar-refractivity contribution in [1.29, 1.82) is 0 Å². The number of ether oxygens (including phenoxy) is 2. The third-order valence-corrected chi connectivity index (χ3v) is 2.65. The summed E-state index contributed by atoms with van der Waals surface area (Å²) in [6, 6.07) is 5.21. The first kappa shape index (κ1) is 16.1. The molecule has 0 aliphatic rings. The summed E-state index contributed by atoms with van der Waals surface area (Å²) in [7, 11) is 4.05. The van der Waals surface area contributed by atoms with E-state index >= 15 is 0 Å². The number of amidine groups is 1. The van der Waals surface area contributed by atoms with E-state index in [1.54, 1.807) is 18.2 Å². The molecule has 1 aromatic carbocycles. The highest BCUT2D eigenvalue weighted by molar-refractivity contribution is 5.97. The molecule has 1 rings (SSSR count). The maximum absolute atomic E-state index is 8.69. The van der Waals surface area contributed by atoms with Crippen LogP contribution in [0, 0.1) is 0 Å². The number of hydrogen-bond donors (Lipinski definition) is 2. The summed E-state index contributed by atoms with van der Waals surface area (Å²) in [5.74, 6) is 1.31. The summed E-state index contributed by atoms with van der Waals surface area (Å²) in [6.07, 6.45) is 0.931. The van der Waals surface area contributed by atoms with Crippen molar-refractivity contribution in [3.05, 3.63) is 23.8 Å². The minimum Gasteiger partial charge on any atom is -0.490 e. The SMILES string of the molecule is CCOc1cc(/C(N)=N/O)ccc1OCCCN(C)C. The Kier molecular flexibility index (Phi) is 6.66. The van der Waals surface area contributed by atoms with Crippen LogP contribution in [0.5, 0.6) is 11.5 Å². The lowest BCUT2D eigenvalue weighted by Crippen LogP contribution is -2.16. The minimum atomic E-state index is 0.0464. The molecule has 112 valence electrons. The van der Waals surface area contributed by atoms with Gasteiger partial charge in [0.1, 0.15) is 0 Å². The number of benzene rings is 1. The molecule has 0 bridgehead atoms. The molecular formula is C14H23N3O3. The van der Waals surface area contributed by atoms with Gasteiger partial charge < -0.3 is 25.3 Å². The summed E-state index contributed by atoms with van der Waals surface area (Å²) in [5.41, 5.74) is 6.16. The normalized spacial score (nSPS) is 11.7. The molecule has 0 atom stereocenters. The van der Waals surface area contributed by atoms with E-state index in [2.05, 4.69) is 10.1 Å². The van der Waals surface area contributed by atoms with Gasteiger partial charge in [-0.25, -0.2) is 0 Å². The van der Waals surface area contributed by atoms with E-state index in [1.165, 1.54) is 0 Å². The summed E-state index contributed by atoms with van der Waals surface area (Å²) in [5, 5.41) is 11.7. The van der Waals surface area contributed by atoms with Crippen molar-refractivity contribution >= 4 is 5.84 Å². The second kappa shape index (κ2) is 8.27. The van der Waals surface area contributed by atoms with Gasteiger partial charge in [-0.15, -0.1) is 0 Å². The maximum atomic E-state index is 8.69. The van der Waals surface area contributed by atoms with Gasteiger partial charge in [-0.05, 0) is 45.6 Å². The predicted molar refractivity (Wildman–Crippen MR) is 78.8 cm³/mol. The van der Waals surface area contributed by atoms with E-state index in [-0.39, 0.29) is 5.84 Å². The Morgan fingerprint density at radius 2 is 2.05 bits per heavy atom. The van der Waals surface area contributed by atoms with Gasteiger partial charge in [0, 0.05) is 12.1 Å². The van der Waals surface area contributed by atoms with Crippen molar-refractivity contribution in [2.45, 2.75) is 13.3 Å². The molecule has 0 saturated heterocycles. The number of nitrogens with two attached hydrogens (primary N) is 1. The largest absolute Gasteiger partial charge is 0.490 e. The van der Waals surface area contributed by atoms with E-state index in [9.17, 15) is 0 Å². The molecule has 1 aromatic rings. The monoisotopic (exact) mass is 281 g/mol. The molecule has 0 heterocycles. The molecule has 0 amide bonds. The first-order chi connectivity index (χ1) is 9.58. The molecule has 0 spiro atoms. The third kappa shape index (κ3) is 4.97. The molecule has 0 aliphatic heterocycles. The molecule has 0 fully saturated rings. The van der Waals surface area contributed by atoms with Crippen molar-refractivity contribution in [2.75, 3.05) is 33.9 Å². The fourth-order valence-electron chi connectivity index (χ4n) is 1.68. The molecule has 6 heteroatoms. The van der Waals surface area contributed by atoms with Crippen LogP contribution in [-0.2, 0) is 0 Å². The van der Waals surface area contributed by atoms with Crippen LogP contribution in [0.25, 0.3) is 0 Å². The Hall–Kier alpha value is -1.95. The summed E-state index contributed by atoms with van der Waals surface area (Å²) in [6.45, 7) is 3.99. The van der Waals surface area contributed by atoms with E-state index in [4.69, 9.17) is 20.4 Å². The highest BCUT2D eigenvalue weighted by atomic mass is 16.5. The summed E-state index contributed by atoms with van der Waals surface area (Å²) >= 11 is 0. The van der Waals surface area contributed by atoms with Crippen LogP contribution in [0.15, 0.2) is 23.4 Å². The Bertz CT molecular complexity index is 447. The van der Waals surface area contributed by atoms with Crippen molar-refractivity contribution in [3.8, 4) is 11.5 Å². The van der Waals surface area contributed by atoms with Gasteiger partial charge in [0.05, 0.1) is 13.2 Å². The minimum absolute atomic E-state index is 0.0464. The van der Waals surface area contributed by atoms with Gasteiger partial charge in [0.25, 0.3) is 0 Å². The van der Waals surface area contributed by atoms with E-state index in [1.807, 2.05) is 21.0 Å². The average molecular weight is 281 g/mol. The third-order valence-electron chi connectivity index (χ3n) is 2.65. The van der Waals surface area contributed by atoms with Crippen LogP contribution in [0.1, 0.15) is 18.9 Å². The molecule has 0 aromatic heterocycles. The highest BCUT2D eigenvalue weighted by Crippen LogP contribution is 2.28. The van der Waals surface area contributed by atoms with Crippen LogP contribution >= 0.6 is 0 Å². The smallest absolute Gasteiger partial charge is 0.170 e. The van der Waals surface area contributed by atoms with Gasteiger partial charge in [-0.1, -0.05) is 5.16 Å². The van der Waals surface area contributed by atoms with Crippen molar-refractivity contribution in [3.63, 3.8) is 0 Å². The molecule has 0 aliphatic carbocycles. The number of nitrogens with zero attached hydrogens (tertiary/aromatic N) is 2. The fourth-order valence-corrected chi connectivity index (χ4v) is 1.68. The summed E-state index contributed by atoms with van der Waals surface area (Å²) in [4.78, 5) is 2.11. The Morgan fingerprint density at radius 1 is 1.30 bits per heavy atom. The van der Waals surface area contributed by atoms with Crippen molar-refractivity contribution in [1.82, 2.24) is 4.90 Å². The van der Waals surface area contributed by atoms with Gasteiger partial charge >= 0.3 is 0 Å². The molecule has 6 nitrogen and oxygen atoms in total. The van der Waals surface area contributed by atoms with Crippen LogP contribution in [0.4, 0.5) is 0 Å². The fraction of sp³-hybridized carbons (Fsp3) is 0.500. The highest BCUT2D eigenvalue weighted by Gasteiger charge is 2.09. The first-order valence-electron chi connectivity index (χ1n) is 6.60. The Balaban J connectivity index is 2.74. The number of hydrogen-bond acceptors (Lipinski definition) is 5. The topological polar surface area (TPSA) is 80.3 Å². The van der Waals surface area contributed by atoms with E-state index in [0.29, 0.717) is 30.3 Å². The second-order valence-electron chi connectivity index (χ2n) is 4.59. The lowest BCUT2D eigenvalue weighted by atomic mass is 10.2. The maximum Gasteiger partial charge on any atom is 0.170 e. The predicted octanol–water partition coefficient (Wildman–Crippen LogP) is 1.51. The zero-order valence-corrected chi connectivity index (χ0v) is 12.3. The van der Waals surface area contributed by atoms with E-state index in [0.717, 1.165) is 13.0 Å². The van der Waals surface area contributed by atoms with Crippen LogP contribution < -0.4 is 15.2 Å². The molecular weight excluding hydrogens is 258 g/mol. The standard InChI is InChI=1S/C14H23N3O3/c1-4-19-13-10-11(14(15)16-18)6-7-12(13)20-9-5-8-17(2)3/h6-7,10,18H,4-5,8-9H2,1-3H3,(H2,15,16). The quantitative estimate of drug-likeness (QED) is 0.248. The molecule has 0 saturated carbocycles. The molecule has 3 N–H and O–H groups in total. The van der Waals surface area contributed by atoms with Crippen LogP contribution in [0.2, 0.25) is 0 Å². The number of rotatable bonds is 8. The molecule has 0 radical (unpaired) electrons.